The second-order valence-corrected chi connectivity index (χ2v) is 8.17. The maximum Gasteiger partial charge on any atom is 0.330 e. The van der Waals surface area contributed by atoms with Crippen molar-refractivity contribution < 1.29 is 19.1 Å². The highest BCUT2D eigenvalue weighted by Crippen LogP contribution is 2.12. The lowest BCUT2D eigenvalue weighted by atomic mass is 10.0. The van der Waals surface area contributed by atoms with Gasteiger partial charge in [-0.2, -0.15) is 0 Å². The van der Waals surface area contributed by atoms with Crippen molar-refractivity contribution in [3.8, 4) is 0 Å². The van der Waals surface area contributed by atoms with E-state index in [0.29, 0.717) is 12.8 Å². The minimum atomic E-state index is -0.548. The van der Waals surface area contributed by atoms with Gasteiger partial charge in [0.25, 0.3) is 5.91 Å². The number of amides is 1. The number of esters is 1. The van der Waals surface area contributed by atoms with E-state index in [0.717, 1.165) is 32.1 Å². The van der Waals surface area contributed by atoms with Crippen molar-refractivity contribution >= 4 is 17.7 Å². The summed E-state index contributed by atoms with van der Waals surface area (Å²) in [5, 5.41) is 2.74. The largest absolute Gasteiger partial charge is 0.466 e. The van der Waals surface area contributed by atoms with Gasteiger partial charge in [0.2, 0.25) is 5.78 Å². The number of carbonyl (C=O) groups is 3. The van der Waals surface area contributed by atoms with E-state index >= 15 is 0 Å². The van der Waals surface area contributed by atoms with Gasteiger partial charge in [-0.3, -0.25) is 9.59 Å². The molecule has 5 nitrogen and oxygen atoms in total. The summed E-state index contributed by atoms with van der Waals surface area (Å²) in [6.07, 6.45) is 20.6. The number of ether oxygens (including phenoxy) is 1. The summed E-state index contributed by atoms with van der Waals surface area (Å²) in [4.78, 5) is 35.5. The van der Waals surface area contributed by atoms with Gasteiger partial charge in [-0.05, 0) is 12.8 Å². The zero-order valence-electron chi connectivity index (χ0n) is 19.7. The van der Waals surface area contributed by atoms with Crippen LogP contribution in [0.15, 0.2) is 12.2 Å². The number of hydrogen-bond donors (Lipinski definition) is 1. The SMILES string of the molecule is CCCCCCCCCCCCCCC(=O)C(=O)N[C@H](/C=C/C(=O)OC)CCCC. The first-order valence-electron chi connectivity index (χ1n) is 12.1. The number of carbonyl (C=O) groups excluding carboxylic acids is 3. The third-order valence-electron chi connectivity index (χ3n) is 5.36. The van der Waals surface area contributed by atoms with E-state index in [4.69, 9.17) is 0 Å². The number of rotatable bonds is 20. The van der Waals surface area contributed by atoms with Gasteiger partial charge in [0.15, 0.2) is 0 Å². The van der Waals surface area contributed by atoms with Crippen LogP contribution in [0.2, 0.25) is 0 Å². The Hall–Kier alpha value is -1.65. The van der Waals surface area contributed by atoms with E-state index < -0.39 is 11.9 Å². The average Bonchev–Trinajstić information content (AvgIpc) is 2.75. The summed E-state index contributed by atoms with van der Waals surface area (Å²) in [6.45, 7) is 4.30. The third kappa shape index (κ3) is 17.2. The predicted octanol–water partition coefficient (Wildman–Crippen LogP) is 6.05. The van der Waals surface area contributed by atoms with E-state index in [1.54, 1.807) is 6.08 Å². The van der Waals surface area contributed by atoms with Gasteiger partial charge in [-0.1, -0.05) is 103 Å². The summed E-state index contributed by atoms with van der Waals surface area (Å²) < 4.78 is 4.58. The average molecular weight is 424 g/mol. The lowest BCUT2D eigenvalue weighted by molar-refractivity contribution is -0.138. The molecule has 0 radical (unpaired) electrons. The molecule has 0 aromatic rings. The molecule has 1 atom stereocenters. The Morgan fingerprint density at radius 1 is 0.767 bits per heavy atom. The maximum atomic E-state index is 12.2. The minimum Gasteiger partial charge on any atom is -0.466 e. The van der Waals surface area contributed by atoms with Crippen LogP contribution < -0.4 is 5.32 Å². The number of ketones is 1. The van der Waals surface area contributed by atoms with Crippen LogP contribution in [0, 0.1) is 0 Å². The van der Waals surface area contributed by atoms with Crippen LogP contribution in [0.5, 0.6) is 0 Å². The van der Waals surface area contributed by atoms with Crippen LogP contribution in [0.1, 0.15) is 117 Å². The molecule has 0 heterocycles. The Morgan fingerprint density at radius 3 is 1.77 bits per heavy atom. The molecule has 0 fully saturated rings. The number of Topliss-reactive ketones (excluding diaryl/α,β-unsaturated/α-hetero) is 1. The lowest BCUT2D eigenvalue weighted by Crippen LogP contribution is -2.38. The quantitative estimate of drug-likeness (QED) is 0.112. The summed E-state index contributed by atoms with van der Waals surface area (Å²) in [5.41, 5.74) is 0. The molecule has 0 aliphatic carbocycles. The van der Waals surface area contributed by atoms with Crippen LogP contribution in [0.25, 0.3) is 0 Å². The highest BCUT2D eigenvalue weighted by Gasteiger charge is 2.16. The zero-order chi connectivity index (χ0) is 22.5. The first-order chi connectivity index (χ1) is 14.5. The number of hydrogen-bond acceptors (Lipinski definition) is 4. The molecular formula is C25H45NO4. The lowest BCUT2D eigenvalue weighted by Gasteiger charge is -2.14. The third-order valence-corrected chi connectivity index (χ3v) is 5.36. The molecule has 0 unspecified atom stereocenters. The van der Waals surface area contributed by atoms with E-state index in [-0.39, 0.29) is 11.8 Å². The summed E-state index contributed by atoms with van der Waals surface area (Å²) in [7, 11) is 1.31. The number of nitrogens with one attached hydrogen (secondary N) is 1. The fourth-order valence-corrected chi connectivity index (χ4v) is 3.39. The van der Waals surface area contributed by atoms with Crippen molar-refractivity contribution in [1.29, 1.82) is 0 Å². The summed E-state index contributed by atoms with van der Waals surface area (Å²) in [6, 6.07) is -0.317. The standard InChI is InChI=1S/C25H45NO4/c1-4-6-8-9-10-11-12-13-14-15-16-17-19-23(27)25(29)26-22(18-7-5-2)20-21-24(28)30-3/h20-22H,4-19H2,1-3H3,(H,26,29)/b21-20+/t22-/m0/s1. The van der Waals surface area contributed by atoms with Crippen molar-refractivity contribution in [2.75, 3.05) is 7.11 Å². The van der Waals surface area contributed by atoms with Gasteiger partial charge >= 0.3 is 5.97 Å². The second-order valence-electron chi connectivity index (χ2n) is 8.17. The van der Waals surface area contributed by atoms with Crippen LogP contribution in [-0.2, 0) is 19.1 Å². The van der Waals surface area contributed by atoms with Crippen LogP contribution in [0.4, 0.5) is 0 Å². The molecule has 0 aromatic carbocycles. The summed E-state index contributed by atoms with van der Waals surface area (Å²) >= 11 is 0. The fourth-order valence-electron chi connectivity index (χ4n) is 3.39. The van der Waals surface area contributed by atoms with Crippen molar-refractivity contribution in [1.82, 2.24) is 5.32 Å². The molecule has 1 amide bonds. The highest BCUT2D eigenvalue weighted by atomic mass is 16.5. The molecule has 0 aliphatic rings. The number of unbranched alkanes of at least 4 members (excludes halogenated alkanes) is 12. The van der Waals surface area contributed by atoms with Crippen molar-refractivity contribution in [2.24, 2.45) is 0 Å². The van der Waals surface area contributed by atoms with Gasteiger partial charge in [0.1, 0.15) is 0 Å². The van der Waals surface area contributed by atoms with Gasteiger partial charge in [-0.25, -0.2) is 4.79 Å². The second kappa shape index (κ2) is 20.6. The van der Waals surface area contributed by atoms with Crippen molar-refractivity contribution in [3.63, 3.8) is 0 Å². The molecule has 30 heavy (non-hydrogen) atoms. The fraction of sp³-hybridized carbons (Fsp3) is 0.800. The Morgan fingerprint density at radius 2 is 1.27 bits per heavy atom. The van der Waals surface area contributed by atoms with Gasteiger partial charge in [0, 0.05) is 18.5 Å². The van der Waals surface area contributed by atoms with Gasteiger partial charge in [0.05, 0.1) is 7.11 Å². The number of methoxy groups -OCH3 is 1. The Balaban J connectivity index is 3.88. The molecule has 0 bridgehead atoms. The minimum absolute atomic E-state index is 0.296. The zero-order valence-corrected chi connectivity index (χ0v) is 19.7. The van der Waals surface area contributed by atoms with Crippen molar-refractivity contribution in [2.45, 2.75) is 123 Å². The molecule has 5 heteroatoms. The van der Waals surface area contributed by atoms with Crippen LogP contribution in [-0.4, -0.2) is 30.8 Å². The van der Waals surface area contributed by atoms with Crippen molar-refractivity contribution in [3.05, 3.63) is 12.2 Å². The first-order valence-corrected chi connectivity index (χ1v) is 12.1. The molecule has 0 aliphatic heterocycles. The van der Waals surface area contributed by atoms with Gasteiger partial charge in [-0.15, -0.1) is 0 Å². The monoisotopic (exact) mass is 423 g/mol. The molecule has 0 saturated carbocycles. The highest BCUT2D eigenvalue weighted by molar-refractivity contribution is 6.36. The maximum absolute atomic E-state index is 12.2. The van der Waals surface area contributed by atoms with Gasteiger partial charge < -0.3 is 10.1 Å². The van der Waals surface area contributed by atoms with E-state index in [9.17, 15) is 14.4 Å². The van der Waals surface area contributed by atoms with E-state index in [1.807, 2.05) is 0 Å². The Kier molecular flexibility index (Phi) is 19.5. The molecule has 0 saturated heterocycles. The smallest absolute Gasteiger partial charge is 0.330 e. The molecular weight excluding hydrogens is 378 g/mol. The van der Waals surface area contributed by atoms with Crippen LogP contribution >= 0.6 is 0 Å². The molecule has 0 spiro atoms. The molecule has 0 aromatic heterocycles. The predicted molar refractivity (Wildman–Crippen MR) is 123 cm³/mol. The molecule has 174 valence electrons. The van der Waals surface area contributed by atoms with E-state index in [1.165, 1.54) is 71.0 Å². The Labute approximate surface area is 184 Å². The first kappa shape index (κ1) is 28.4. The Bertz CT molecular complexity index is 488. The van der Waals surface area contributed by atoms with E-state index in [2.05, 4.69) is 23.9 Å². The normalized spacial score (nSPS) is 12.1. The van der Waals surface area contributed by atoms with Crippen LogP contribution in [0.3, 0.4) is 0 Å². The summed E-state index contributed by atoms with van der Waals surface area (Å²) in [5.74, 6) is -1.38. The topological polar surface area (TPSA) is 72.5 Å². The molecule has 1 N–H and O–H groups in total. The molecule has 0 rings (SSSR count).